The van der Waals surface area contributed by atoms with Crippen LogP contribution >= 0.6 is 0 Å². The van der Waals surface area contributed by atoms with Gasteiger partial charge in [0.05, 0.1) is 50.7 Å². The average Bonchev–Trinajstić information content (AvgIpc) is 4.16. The van der Waals surface area contributed by atoms with E-state index in [0.717, 1.165) is 42.1 Å². The number of likely N-dealkylation sites (tertiary alicyclic amines) is 1. The second-order valence-corrected chi connectivity index (χ2v) is 25.2. The number of rotatable bonds is 10. The molecule has 11 rings (SSSR count). The van der Waals surface area contributed by atoms with Crippen molar-refractivity contribution in [2.24, 2.45) is 5.92 Å². The molecule has 15 nitrogen and oxygen atoms in total. The molecule has 70 heavy (non-hydrogen) atoms. The number of aliphatic hydroxyl groups excluding tert-OH is 1. The van der Waals surface area contributed by atoms with Crippen LogP contribution in [0.15, 0.2) is 103 Å². The summed E-state index contributed by atoms with van der Waals surface area (Å²) in [7, 11) is -3.16. The van der Waals surface area contributed by atoms with Crippen molar-refractivity contribution in [2.75, 3.05) is 77.2 Å². The number of amides is 4. The first-order valence-electron chi connectivity index (χ1n) is 25.4. The number of anilines is 5. The number of para-hydroxylation sites is 2. The highest BCUT2D eigenvalue weighted by molar-refractivity contribution is 6.71. The van der Waals surface area contributed by atoms with Crippen molar-refractivity contribution in [3.8, 4) is 0 Å². The number of aliphatic hydroxyl groups is 1. The molecule has 0 bridgehead atoms. The largest absolute Gasteiger partial charge is 0.432 e. The lowest BCUT2D eigenvalue weighted by Gasteiger charge is -2.39. The van der Waals surface area contributed by atoms with Gasteiger partial charge in [0.25, 0.3) is 17.7 Å². The topological polar surface area (TPSA) is 161 Å². The number of ether oxygens (including phenoxy) is 1. The Morgan fingerprint density at radius 1 is 0.729 bits per heavy atom. The van der Waals surface area contributed by atoms with Crippen LogP contribution in [0, 0.1) is 5.92 Å². The molecule has 0 radical (unpaired) electrons. The number of benzene rings is 4. The van der Waals surface area contributed by atoms with Crippen LogP contribution in [0.5, 0.6) is 0 Å². The molecule has 4 N–H and O–H groups in total. The van der Waals surface area contributed by atoms with Gasteiger partial charge >= 0.3 is 0 Å². The second-order valence-electron chi connectivity index (χ2n) is 21.2. The Kier molecular flexibility index (Phi) is 12.0. The molecule has 0 unspecified atom stereocenters. The predicted octanol–water partition coefficient (Wildman–Crippen LogP) is 5.27. The molecule has 6 fully saturated rings. The van der Waals surface area contributed by atoms with E-state index in [1.807, 2.05) is 109 Å². The normalized spacial score (nSPS) is 27.3. The minimum absolute atomic E-state index is 0.00750. The molecule has 6 saturated heterocycles. The van der Waals surface area contributed by atoms with Crippen LogP contribution in [-0.2, 0) is 36.1 Å². The summed E-state index contributed by atoms with van der Waals surface area (Å²) in [6.07, 6.45) is 3.34. The quantitative estimate of drug-likeness (QED) is 0.153. The monoisotopic (exact) mass is 966 g/mol. The van der Waals surface area contributed by atoms with Crippen LogP contribution in [0.4, 0.5) is 28.4 Å². The Hall–Kier alpha value is -5.62. The average molecular weight is 967 g/mol. The molecule has 4 amide bonds. The van der Waals surface area contributed by atoms with Gasteiger partial charge in [-0.15, -0.1) is 0 Å². The Bertz CT molecular complexity index is 2660. The van der Waals surface area contributed by atoms with Crippen molar-refractivity contribution in [1.29, 1.82) is 0 Å². The fraction of sp³-hybridized carbons (Fsp3) is 0.481. The first kappa shape index (κ1) is 46.7. The highest BCUT2D eigenvalue weighted by atomic mass is 28.4. The molecule has 7 aliphatic heterocycles. The lowest BCUT2D eigenvalue weighted by Crippen LogP contribution is -2.55. The third-order valence-electron chi connectivity index (χ3n) is 17.0. The second kappa shape index (κ2) is 17.9. The van der Waals surface area contributed by atoms with Crippen LogP contribution in [0.2, 0.25) is 18.6 Å². The number of hydrogen-bond donors (Lipinski definition) is 4. The van der Waals surface area contributed by atoms with Gasteiger partial charge in [0, 0.05) is 46.3 Å². The Morgan fingerprint density at radius 3 is 1.84 bits per heavy atom. The summed E-state index contributed by atoms with van der Waals surface area (Å²) in [6.45, 7) is 9.87. The summed E-state index contributed by atoms with van der Waals surface area (Å²) in [4.78, 5) is 83.7. The van der Waals surface area contributed by atoms with E-state index < -0.39 is 42.6 Å². The van der Waals surface area contributed by atoms with Gasteiger partial charge in [-0.25, -0.2) is 0 Å². The van der Waals surface area contributed by atoms with Crippen LogP contribution in [0.3, 0.4) is 0 Å². The number of nitrogens with one attached hydrogen (secondary N) is 2. The van der Waals surface area contributed by atoms with E-state index in [9.17, 15) is 19.5 Å². The molecule has 5 atom stereocenters. The summed E-state index contributed by atoms with van der Waals surface area (Å²) in [5, 5.41) is 17.1. The van der Waals surface area contributed by atoms with Crippen molar-refractivity contribution in [2.45, 2.75) is 106 Å². The van der Waals surface area contributed by atoms with Crippen LogP contribution in [0.25, 0.3) is 0 Å². The maximum atomic E-state index is 15.9. The summed E-state index contributed by atoms with van der Waals surface area (Å²) < 4.78 is 7.24. The lowest BCUT2D eigenvalue weighted by molar-refractivity contribution is -0.150. The van der Waals surface area contributed by atoms with E-state index in [1.165, 1.54) is 0 Å². The summed E-state index contributed by atoms with van der Waals surface area (Å²) in [5.74, 6) is -0.938. The molecular formula is C54H66N8O7Si. The molecule has 0 aliphatic carbocycles. The molecule has 4 aromatic carbocycles. The third kappa shape index (κ3) is 7.39. The van der Waals surface area contributed by atoms with E-state index in [-0.39, 0.29) is 49.2 Å². The number of hydrogen-bond acceptors (Lipinski definition) is 11. The van der Waals surface area contributed by atoms with Gasteiger partial charge in [-0.3, -0.25) is 29.0 Å². The summed E-state index contributed by atoms with van der Waals surface area (Å²) >= 11 is 0. The number of nitrogens with zero attached hydrogens (tertiary/aromatic N) is 6. The number of carbonyl (C=O) groups excluding carboxylic acids is 4. The summed E-state index contributed by atoms with van der Waals surface area (Å²) in [5.41, 5.74) is 1.90. The van der Waals surface area contributed by atoms with Crippen LogP contribution in [0.1, 0.15) is 63.0 Å². The number of piperidine rings is 2. The fourth-order valence-corrected chi connectivity index (χ4v) is 16.1. The summed E-state index contributed by atoms with van der Waals surface area (Å²) in [6, 6.07) is 33.6. The van der Waals surface area contributed by atoms with Gasteiger partial charge in [0.1, 0.15) is 11.1 Å². The SMILES string of the molecule is C[C@@H]1[C@@H]([Si](C)(C)O)[C@H](CC(=O)N2CCC[C@H]2CO)O[C@@]12C(=O)N(Cc1cccc(N3CN(c4ccccc4)C4(CCNCC4)C3=O)c1)c1ccc(N3CN(c4ccccc4)C4(CCNCC4)C3=O)cc12. The van der Waals surface area contributed by atoms with E-state index in [1.54, 1.807) is 9.80 Å². The molecule has 3 spiro atoms. The molecule has 16 heteroatoms. The van der Waals surface area contributed by atoms with Crippen LogP contribution < -0.4 is 35.1 Å². The van der Waals surface area contributed by atoms with Gasteiger partial charge < -0.3 is 44.9 Å². The number of carbonyl (C=O) groups is 4. The lowest BCUT2D eigenvalue weighted by atomic mass is 9.82. The van der Waals surface area contributed by atoms with Gasteiger partial charge in [-0.05, 0) is 138 Å². The first-order chi connectivity index (χ1) is 33.8. The van der Waals surface area contributed by atoms with Crippen molar-refractivity contribution >= 4 is 60.4 Å². The molecule has 7 aliphatic rings. The standard InChI is InChI=1S/C54H66N8O7Si/c1-37-48(70(2,3)68)46(32-47(64)57-29-11-18-43(57)34-63)69-54(37)44-31-42(60-36-62(40-15-8-5-9-16-40)53(50(60)66)23-27-56-28-24-53)19-20-45(44)58(51(54)67)33-38-12-10-17-41(30-38)59-35-61(39-13-6-4-7-14-39)52(49(59)65)21-25-55-26-22-52/h4-10,12-17,19-20,30-31,37,43,46,48,55-56,63,68H,11,18,21-29,32-36H2,1-3H3/t37-,43+,46+,48-,54+/m1/s1. The van der Waals surface area contributed by atoms with E-state index in [2.05, 4.69) is 44.7 Å². The predicted molar refractivity (Wildman–Crippen MR) is 272 cm³/mol. The molecule has 7 heterocycles. The van der Waals surface area contributed by atoms with Crippen molar-refractivity contribution < 1.29 is 33.8 Å². The molecular weight excluding hydrogens is 901 g/mol. The zero-order valence-electron chi connectivity index (χ0n) is 40.6. The minimum Gasteiger partial charge on any atom is -0.432 e. The number of fused-ring (bicyclic) bond motifs is 2. The highest BCUT2D eigenvalue weighted by Crippen LogP contribution is 2.61. The maximum Gasteiger partial charge on any atom is 0.264 e. The Balaban J connectivity index is 0.977. The Labute approximate surface area is 411 Å². The van der Waals surface area contributed by atoms with Crippen molar-refractivity contribution in [3.63, 3.8) is 0 Å². The fourth-order valence-electron chi connectivity index (χ4n) is 13.6. The van der Waals surface area contributed by atoms with Crippen LogP contribution in [-0.4, -0.2) is 123 Å². The smallest absolute Gasteiger partial charge is 0.264 e. The van der Waals surface area contributed by atoms with Gasteiger partial charge in [0.15, 0.2) is 13.9 Å². The third-order valence-corrected chi connectivity index (χ3v) is 19.5. The first-order valence-corrected chi connectivity index (χ1v) is 28.4. The molecule has 0 saturated carbocycles. The van der Waals surface area contributed by atoms with E-state index in [0.29, 0.717) is 82.0 Å². The zero-order valence-corrected chi connectivity index (χ0v) is 41.6. The minimum atomic E-state index is -3.16. The van der Waals surface area contributed by atoms with E-state index >= 15 is 9.59 Å². The molecule has 4 aromatic rings. The van der Waals surface area contributed by atoms with Crippen molar-refractivity contribution in [3.05, 3.63) is 114 Å². The molecule has 0 aromatic heterocycles. The zero-order chi connectivity index (χ0) is 48.6. The van der Waals surface area contributed by atoms with E-state index in [4.69, 9.17) is 4.74 Å². The highest BCUT2D eigenvalue weighted by Gasteiger charge is 2.67. The maximum absolute atomic E-state index is 15.9. The molecule has 368 valence electrons. The van der Waals surface area contributed by atoms with Gasteiger partial charge in [0.2, 0.25) is 5.91 Å². The van der Waals surface area contributed by atoms with Gasteiger partial charge in [-0.1, -0.05) is 55.5 Å². The van der Waals surface area contributed by atoms with Gasteiger partial charge in [-0.2, -0.15) is 0 Å². The van der Waals surface area contributed by atoms with Crippen molar-refractivity contribution in [1.82, 2.24) is 15.5 Å². The Morgan fingerprint density at radius 2 is 1.29 bits per heavy atom.